The fraction of sp³-hybridized carbons (Fsp3) is 0.278. The molecule has 0 bridgehead atoms. The van der Waals surface area contributed by atoms with E-state index in [1.54, 1.807) is 0 Å². The van der Waals surface area contributed by atoms with Gasteiger partial charge in [-0.25, -0.2) is 4.99 Å². The van der Waals surface area contributed by atoms with Crippen molar-refractivity contribution >= 4 is 35.6 Å². The number of nitrogens with two attached hydrogens (primary N) is 1. The summed E-state index contributed by atoms with van der Waals surface area (Å²) in [5.74, 6) is 1.76. The molecule has 0 saturated heterocycles. The van der Waals surface area contributed by atoms with Gasteiger partial charge in [0, 0.05) is 11.6 Å². The maximum atomic E-state index is 6.05. The van der Waals surface area contributed by atoms with Crippen LogP contribution < -0.4 is 11.1 Å². The fourth-order valence-electron chi connectivity index (χ4n) is 3.47. The molecule has 1 saturated carbocycles. The lowest BCUT2D eigenvalue weighted by Crippen LogP contribution is -2.23. The number of rotatable bonds is 2. The average molecular weight is 405 g/mol. The van der Waals surface area contributed by atoms with Crippen molar-refractivity contribution in [2.45, 2.75) is 25.3 Å². The molecule has 4 heteroatoms. The first-order valence-electron chi connectivity index (χ1n) is 7.47. The van der Waals surface area contributed by atoms with Gasteiger partial charge in [-0.05, 0) is 42.5 Å². The molecule has 0 amide bonds. The summed E-state index contributed by atoms with van der Waals surface area (Å²) in [5.41, 5.74) is 11.2. The second-order valence-corrected chi connectivity index (χ2v) is 6.09. The highest BCUT2D eigenvalue weighted by Crippen LogP contribution is 2.58. The molecule has 0 aliphatic heterocycles. The summed E-state index contributed by atoms with van der Waals surface area (Å²) >= 11 is 0. The van der Waals surface area contributed by atoms with Crippen molar-refractivity contribution in [2.24, 2.45) is 16.6 Å². The number of nitrogens with zero attached hydrogens (tertiary/aromatic N) is 1. The Morgan fingerprint density at radius 2 is 1.86 bits per heavy atom. The Balaban J connectivity index is 0.00000144. The molecule has 2 aliphatic rings. The van der Waals surface area contributed by atoms with Crippen molar-refractivity contribution in [1.29, 1.82) is 0 Å². The smallest absolute Gasteiger partial charge is 0.193 e. The van der Waals surface area contributed by atoms with Gasteiger partial charge in [0.2, 0.25) is 0 Å². The van der Waals surface area contributed by atoms with Crippen LogP contribution in [-0.2, 0) is 6.42 Å². The molecule has 3 unspecified atom stereocenters. The van der Waals surface area contributed by atoms with Crippen LogP contribution in [0.25, 0.3) is 0 Å². The van der Waals surface area contributed by atoms with E-state index in [-0.39, 0.29) is 24.0 Å². The summed E-state index contributed by atoms with van der Waals surface area (Å²) in [5, 5.41) is 3.18. The van der Waals surface area contributed by atoms with Crippen molar-refractivity contribution in [2.75, 3.05) is 5.32 Å². The molecule has 0 spiro atoms. The molecule has 3 N–H and O–H groups in total. The van der Waals surface area contributed by atoms with Gasteiger partial charge < -0.3 is 11.1 Å². The van der Waals surface area contributed by atoms with E-state index in [1.165, 1.54) is 16.7 Å². The van der Waals surface area contributed by atoms with Gasteiger partial charge in [-0.3, -0.25) is 0 Å². The van der Waals surface area contributed by atoms with Crippen LogP contribution >= 0.6 is 24.0 Å². The molecule has 2 aliphatic carbocycles. The second kappa shape index (κ2) is 5.91. The van der Waals surface area contributed by atoms with E-state index in [0.717, 1.165) is 12.1 Å². The standard InChI is InChI=1S/C18H19N3.HI/c1-11-6-8-13(9-7-11)20-18(19)21-17-15-10-12-4-2-3-5-14(12)16(15)17;/h2-9,15-17H,10H2,1H3,(H3,19,20,21);1H. The van der Waals surface area contributed by atoms with Crippen LogP contribution in [0.15, 0.2) is 53.5 Å². The molecule has 0 aromatic heterocycles. The molecule has 2 aromatic carbocycles. The van der Waals surface area contributed by atoms with Crippen LogP contribution in [-0.4, -0.2) is 12.0 Å². The molecule has 22 heavy (non-hydrogen) atoms. The van der Waals surface area contributed by atoms with E-state index >= 15 is 0 Å². The van der Waals surface area contributed by atoms with E-state index in [0.29, 0.717) is 23.8 Å². The zero-order chi connectivity index (χ0) is 14.4. The number of aliphatic imine (C=N–C) groups is 1. The number of hydrogen-bond acceptors (Lipinski definition) is 1. The number of aryl methyl sites for hydroxylation is 1. The lowest BCUT2D eigenvalue weighted by molar-refractivity contribution is 0.801. The van der Waals surface area contributed by atoms with Crippen molar-refractivity contribution in [3.8, 4) is 0 Å². The van der Waals surface area contributed by atoms with Crippen molar-refractivity contribution in [3.05, 3.63) is 65.2 Å². The number of guanidine groups is 1. The highest BCUT2D eigenvalue weighted by atomic mass is 127. The largest absolute Gasteiger partial charge is 0.370 e. The van der Waals surface area contributed by atoms with Gasteiger partial charge in [-0.2, -0.15) is 0 Å². The quantitative estimate of drug-likeness (QED) is 0.455. The molecule has 0 heterocycles. The number of benzene rings is 2. The first-order chi connectivity index (χ1) is 10.2. The highest BCUT2D eigenvalue weighted by Gasteiger charge is 2.55. The molecular formula is C18H20IN3. The minimum Gasteiger partial charge on any atom is -0.370 e. The van der Waals surface area contributed by atoms with Crippen LogP contribution in [0, 0.1) is 12.8 Å². The van der Waals surface area contributed by atoms with Crippen LogP contribution in [0.4, 0.5) is 5.69 Å². The van der Waals surface area contributed by atoms with Gasteiger partial charge in [0.05, 0.1) is 6.04 Å². The van der Waals surface area contributed by atoms with Gasteiger partial charge in [0.15, 0.2) is 5.96 Å². The monoisotopic (exact) mass is 405 g/mol. The zero-order valence-electron chi connectivity index (χ0n) is 12.5. The Kier molecular flexibility index (Phi) is 4.12. The molecule has 4 rings (SSSR count). The third kappa shape index (κ3) is 2.72. The number of anilines is 1. The Morgan fingerprint density at radius 1 is 1.14 bits per heavy atom. The van der Waals surface area contributed by atoms with E-state index in [9.17, 15) is 0 Å². The molecule has 1 fully saturated rings. The Labute approximate surface area is 148 Å². The first kappa shape index (κ1) is 15.3. The van der Waals surface area contributed by atoms with Gasteiger partial charge >= 0.3 is 0 Å². The number of hydrogen-bond donors (Lipinski definition) is 2. The van der Waals surface area contributed by atoms with Crippen LogP contribution in [0.2, 0.25) is 0 Å². The van der Waals surface area contributed by atoms with Gasteiger partial charge in [0.25, 0.3) is 0 Å². The van der Waals surface area contributed by atoms with E-state index in [2.05, 4.69) is 53.6 Å². The predicted molar refractivity (Wildman–Crippen MR) is 102 cm³/mol. The summed E-state index contributed by atoms with van der Waals surface area (Å²) in [6.07, 6.45) is 1.15. The summed E-state index contributed by atoms with van der Waals surface area (Å²) in [7, 11) is 0. The van der Waals surface area contributed by atoms with Gasteiger partial charge in [-0.15, -0.1) is 24.0 Å². The summed E-state index contributed by atoms with van der Waals surface area (Å²) in [4.78, 5) is 4.67. The summed E-state index contributed by atoms with van der Waals surface area (Å²) in [6.45, 7) is 2.07. The normalized spacial score (nSPS) is 25.0. The third-order valence-corrected chi connectivity index (χ3v) is 4.61. The van der Waals surface area contributed by atoms with Crippen LogP contribution in [0.5, 0.6) is 0 Å². The summed E-state index contributed by atoms with van der Waals surface area (Å²) < 4.78 is 0. The average Bonchev–Trinajstić information content (AvgIpc) is 2.99. The Bertz CT molecular complexity index is 709. The third-order valence-electron chi connectivity index (χ3n) is 4.61. The lowest BCUT2D eigenvalue weighted by atomic mass is 10.1. The minimum absolute atomic E-state index is 0. The fourth-order valence-corrected chi connectivity index (χ4v) is 3.47. The maximum Gasteiger partial charge on any atom is 0.193 e. The minimum atomic E-state index is 0. The Morgan fingerprint density at radius 3 is 2.64 bits per heavy atom. The molecule has 0 radical (unpaired) electrons. The number of halogens is 1. The second-order valence-electron chi connectivity index (χ2n) is 6.09. The first-order valence-corrected chi connectivity index (χ1v) is 7.47. The van der Waals surface area contributed by atoms with Crippen molar-refractivity contribution < 1.29 is 0 Å². The molecule has 3 atom stereocenters. The van der Waals surface area contributed by atoms with E-state index in [4.69, 9.17) is 5.73 Å². The maximum absolute atomic E-state index is 6.05. The lowest BCUT2D eigenvalue weighted by Gasteiger charge is -2.08. The number of fused-ring (bicyclic) bond motifs is 3. The molecule has 114 valence electrons. The number of nitrogens with one attached hydrogen (secondary N) is 1. The van der Waals surface area contributed by atoms with Crippen LogP contribution in [0.1, 0.15) is 22.6 Å². The topological polar surface area (TPSA) is 50.4 Å². The van der Waals surface area contributed by atoms with Gasteiger partial charge in [-0.1, -0.05) is 42.0 Å². The summed E-state index contributed by atoms with van der Waals surface area (Å²) in [6, 6.07) is 17.3. The molecular weight excluding hydrogens is 385 g/mol. The van der Waals surface area contributed by atoms with Crippen molar-refractivity contribution in [3.63, 3.8) is 0 Å². The molecule has 3 nitrogen and oxygen atoms in total. The van der Waals surface area contributed by atoms with Gasteiger partial charge in [0.1, 0.15) is 0 Å². The predicted octanol–water partition coefficient (Wildman–Crippen LogP) is 3.68. The van der Waals surface area contributed by atoms with Crippen LogP contribution in [0.3, 0.4) is 0 Å². The van der Waals surface area contributed by atoms with Crippen molar-refractivity contribution in [1.82, 2.24) is 0 Å². The molecule has 2 aromatic rings. The zero-order valence-corrected chi connectivity index (χ0v) is 14.8. The highest BCUT2D eigenvalue weighted by molar-refractivity contribution is 14.0. The van der Waals surface area contributed by atoms with E-state index in [1.807, 2.05) is 12.1 Å². The van der Waals surface area contributed by atoms with E-state index < -0.39 is 0 Å². The Hall–Kier alpha value is -1.56. The SMILES string of the molecule is Cc1ccc(NC(N)=NC2C3Cc4ccccc4C32)cc1.I.